The van der Waals surface area contributed by atoms with Crippen molar-refractivity contribution in [2.75, 3.05) is 7.11 Å². The van der Waals surface area contributed by atoms with Gasteiger partial charge in [0.05, 0.1) is 13.5 Å². The lowest BCUT2D eigenvalue weighted by Crippen LogP contribution is -2.03. The lowest BCUT2D eigenvalue weighted by Gasteiger charge is -2.05. The maximum atomic E-state index is 11.0. The van der Waals surface area contributed by atoms with Crippen molar-refractivity contribution in [3.63, 3.8) is 0 Å². The number of carbonyl (C=O) groups excluding carboxylic acids is 1. The van der Waals surface area contributed by atoms with Crippen LogP contribution in [0.25, 0.3) is 0 Å². The molecule has 92 valence electrons. The highest BCUT2D eigenvalue weighted by molar-refractivity contribution is 9.10. The number of benzene rings is 1. The zero-order valence-corrected chi connectivity index (χ0v) is 11.0. The number of methoxy groups -OCH3 is 1. The number of aryl methyl sites for hydroxylation is 1. The van der Waals surface area contributed by atoms with Gasteiger partial charge in [-0.15, -0.1) is 0 Å². The summed E-state index contributed by atoms with van der Waals surface area (Å²) in [6.07, 6.45) is 0.879. The molecule has 0 bridgehead atoms. The normalized spacial score (nSPS) is 10.0. The lowest BCUT2D eigenvalue weighted by atomic mass is 10.1. The van der Waals surface area contributed by atoms with Crippen LogP contribution in [-0.4, -0.2) is 24.2 Å². The van der Waals surface area contributed by atoms with Crippen molar-refractivity contribution < 1.29 is 19.4 Å². The molecule has 0 aliphatic heterocycles. The fourth-order valence-electron chi connectivity index (χ4n) is 1.42. The minimum absolute atomic E-state index is 0.00409. The van der Waals surface area contributed by atoms with Gasteiger partial charge in [0.25, 0.3) is 0 Å². The van der Waals surface area contributed by atoms with Crippen molar-refractivity contribution in [3.05, 3.63) is 33.8 Å². The van der Waals surface area contributed by atoms with E-state index in [0.717, 1.165) is 15.6 Å². The van der Waals surface area contributed by atoms with Gasteiger partial charge in [0.15, 0.2) is 0 Å². The molecule has 1 aromatic carbocycles. The molecule has 0 spiro atoms. The molecule has 5 heteroatoms. The smallest absolute Gasteiger partial charge is 0.307 e. The van der Waals surface area contributed by atoms with Crippen LogP contribution in [0.1, 0.15) is 17.5 Å². The van der Waals surface area contributed by atoms with Crippen LogP contribution in [0.3, 0.4) is 0 Å². The third-order valence-electron chi connectivity index (χ3n) is 2.30. The van der Waals surface area contributed by atoms with E-state index in [1.165, 1.54) is 7.11 Å². The maximum Gasteiger partial charge on any atom is 0.307 e. The van der Waals surface area contributed by atoms with Crippen LogP contribution in [0.5, 0.6) is 0 Å². The summed E-state index contributed by atoms with van der Waals surface area (Å²) in [4.78, 5) is 21.5. The number of carboxylic acid groups (broad SMARTS) is 1. The number of esters is 1. The van der Waals surface area contributed by atoms with E-state index in [1.54, 1.807) is 12.1 Å². The maximum absolute atomic E-state index is 11.0. The molecule has 0 saturated carbocycles. The Hall–Kier alpha value is -1.36. The molecule has 4 nitrogen and oxygen atoms in total. The van der Waals surface area contributed by atoms with Crippen molar-refractivity contribution >= 4 is 27.9 Å². The second kappa shape index (κ2) is 6.39. The number of halogens is 1. The average Bonchev–Trinajstić information content (AvgIpc) is 2.26. The van der Waals surface area contributed by atoms with Gasteiger partial charge in [0.2, 0.25) is 0 Å². The molecule has 17 heavy (non-hydrogen) atoms. The van der Waals surface area contributed by atoms with Gasteiger partial charge in [-0.25, -0.2) is 0 Å². The summed E-state index contributed by atoms with van der Waals surface area (Å²) in [6.45, 7) is 0. The molecule has 0 unspecified atom stereocenters. The third-order valence-corrected chi connectivity index (χ3v) is 3.04. The van der Waals surface area contributed by atoms with Crippen molar-refractivity contribution in [3.8, 4) is 0 Å². The second-order valence-corrected chi connectivity index (χ2v) is 4.43. The fraction of sp³-hybridized carbons (Fsp3) is 0.333. The molecule has 0 aliphatic rings. The summed E-state index contributed by atoms with van der Waals surface area (Å²) in [6, 6.07) is 5.34. The first-order chi connectivity index (χ1) is 8.02. The molecule has 0 fully saturated rings. The third kappa shape index (κ3) is 4.56. The van der Waals surface area contributed by atoms with E-state index in [0.29, 0.717) is 12.8 Å². The van der Waals surface area contributed by atoms with Crippen LogP contribution in [0.4, 0.5) is 0 Å². The highest BCUT2D eigenvalue weighted by Crippen LogP contribution is 2.20. The molecule has 0 saturated heterocycles. The van der Waals surface area contributed by atoms with Crippen LogP contribution in [0.15, 0.2) is 22.7 Å². The summed E-state index contributed by atoms with van der Waals surface area (Å²) >= 11 is 3.36. The topological polar surface area (TPSA) is 63.6 Å². The molecular formula is C12H13BrO4. The van der Waals surface area contributed by atoms with Gasteiger partial charge in [-0.05, 0) is 23.6 Å². The summed E-state index contributed by atoms with van der Waals surface area (Å²) in [5.74, 6) is -1.12. The summed E-state index contributed by atoms with van der Waals surface area (Å²) in [7, 11) is 1.35. The van der Waals surface area contributed by atoms with Crippen LogP contribution in [0, 0.1) is 0 Å². The number of carbonyl (C=O) groups is 2. The lowest BCUT2D eigenvalue weighted by molar-refractivity contribution is -0.140. The Bertz CT molecular complexity index is 429. The highest BCUT2D eigenvalue weighted by Gasteiger charge is 2.07. The van der Waals surface area contributed by atoms with Crippen molar-refractivity contribution in [1.29, 1.82) is 0 Å². The Morgan fingerprint density at radius 2 is 2.12 bits per heavy atom. The van der Waals surface area contributed by atoms with Gasteiger partial charge in [0, 0.05) is 10.9 Å². The Kier molecular flexibility index (Phi) is 5.15. The molecule has 0 aromatic heterocycles. The first-order valence-electron chi connectivity index (χ1n) is 5.09. The Balaban J connectivity index is 2.69. The quantitative estimate of drug-likeness (QED) is 0.847. The van der Waals surface area contributed by atoms with Gasteiger partial charge in [0.1, 0.15) is 0 Å². The molecule has 1 aromatic rings. The summed E-state index contributed by atoms with van der Waals surface area (Å²) < 4.78 is 5.38. The van der Waals surface area contributed by atoms with E-state index in [-0.39, 0.29) is 12.4 Å². The predicted octanol–water partition coefficient (Wildman–Crippen LogP) is 2.18. The minimum Gasteiger partial charge on any atom is -0.481 e. The molecule has 0 heterocycles. The number of rotatable bonds is 5. The summed E-state index contributed by atoms with van der Waals surface area (Å²) in [5.41, 5.74) is 1.69. The van der Waals surface area contributed by atoms with E-state index in [1.807, 2.05) is 6.07 Å². The second-order valence-electron chi connectivity index (χ2n) is 3.57. The van der Waals surface area contributed by atoms with Gasteiger partial charge < -0.3 is 9.84 Å². The van der Waals surface area contributed by atoms with Crippen molar-refractivity contribution in [2.45, 2.75) is 19.3 Å². The Labute approximate surface area is 108 Å². The average molecular weight is 301 g/mol. The SMILES string of the molecule is COC(=O)CCc1ccc(CC(=O)O)cc1Br. The monoisotopic (exact) mass is 300 g/mol. The fourth-order valence-corrected chi connectivity index (χ4v) is 2.04. The minimum atomic E-state index is -0.862. The largest absolute Gasteiger partial charge is 0.481 e. The van der Waals surface area contributed by atoms with Crippen LogP contribution in [0.2, 0.25) is 0 Å². The van der Waals surface area contributed by atoms with Crippen LogP contribution >= 0.6 is 15.9 Å². The van der Waals surface area contributed by atoms with E-state index in [2.05, 4.69) is 20.7 Å². The number of ether oxygens (including phenoxy) is 1. The van der Waals surface area contributed by atoms with Crippen LogP contribution in [-0.2, 0) is 27.2 Å². The van der Waals surface area contributed by atoms with Gasteiger partial charge >= 0.3 is 11.9 Å². The number of hydrogen-bond acceptors (Lipinski definition) is 3. The van der Waals surface area contributed by atoms with E-state index in [9.17, 15) is 9.59 Å². The molecule has 0 aliphatic carbocycles. The Morgan fingerprint density at radius 1 is 1.41 bits per heavy atom. The van der Waals surface area contributed by atoms with Crippen molar-refractivity contribution in [1.82, 2.24) is 0 Å². The molecule has 0 amide bonds. The zero-order chi connectivity index (χ0) is 12.8. The number of aliphatic carboxylic acids is 1. The highest BCUT2D eigenvalue weighted by atomic mass is 79.9. The first kappa shape index (κ1) is 13.7. The van der Waals surface area contributed by atoms with E-state index < -0.39 is 5.97 Å². The van der Waals surface area contributed by atoms with Gasteiger partial charge in [-0.1, -0.05) is 28.1 Å². The molecule has 0 atom stereocenters. The molecule has 1 rings (SSSR count). The van der Waals surface area contributed by atoms with E-state index >= 15 is 0 Å². The van der Waals surface area contributed by atoms with Crippen LogP contribution < -0.4 is 0 Å². The van der Waals surface area contributed by atoms with Gasteiger partial charge in [-0.2, -0.15) is 0 Å². The zero-order valence-electron chi connectivity index (χ0n) is 9.40. The molecular weight excluding hydrogens is 288 g/mol. The molecule has 0 radical (unpaired) electrons. The Morgan fingerprint density at radius 3 is 2.65 bits per heavy atom. The summed E-state index contributed by atoms with van der Waals surface area (Å²) in [5, 5.41) is 8.66. The predicted molar refractivity (Wildman–Crippen MR) is 65.8 cm³/mol. The van der Waals surface area contributed by atoms with E-state index in [4.69, 9.17) is 5.11 Å². The number of carboxylic acids is 1. The number of hydrogen-bond donors (Lipinski definition) is 1. The van der Waals surface area contributed by atoms with Crippen molar-refractivity contribution in [2.24, 2.45) is 0 Å². The standard InChI is InChI=1S/C12H13BrO4/c1-17-12(16)5-4-9-3-2-8(6-10(9)13)7-11(14)15/h2-3,6H,4-5,7H2,1H3,(H,14,15). The first-order valence-corrected chi connectivity index (χ1v) is 5.88. The molecule has 1 N–H and O–H groups in total. The van der Waals surface area contributed by atoms with Gasteiger partial charge in [-0.3, -0.25) is 9.59 Å².